The van der Waals surface area contributed by atoms with Crippen LogP contribution in [-0.2, 0) is 10.0 Å². The number of nitrogens with zero attached hydrogens (tertiary/aromatic N) is 4. The van der Waals surface area contributed by atoms with Gasteiger partial charge < -0.3 is 4.74 Å². The highest BCUT2D eigenvalue weighted by molar-refractivity contribution is 7.88. The molecule has 2 heterocycles. The number of rotatable bonds is 4. The van der Waals surface area contributed by atoms with Crippen LogP contribution in [0.1, 0.15) is 23.6 Å². The lowest BCUT2D eigenvalue weighted by Gasteiger charge is -2.21. The van der Waals surface area contributed by atoms with Crippen LogP contribution in [0.5, 0.6) is 5.75 Å². The van der Waals surface area contributed by atoms with Crippen LogP contribution >= 0.6 is 0 Å². The third kappa shape index (κ3) is 3.35. The van der Waals surface area contributed by atoms with Gasteiger partial charge in [-0.05, 0) is 29.8 Å². The first kappa shape index (κ1) is 17.4. The summed E-state index contributed by atoms with van der Waals surface area (Å²) in [6.45, 7) is 0. The molecule has 0 fully saturated rings. The number of hydrogen-bond acceptors (Lipinski definition) is 6. The third-order valence-electron chi connectivity index (χ3n) is 4.49. The van der Waals surface area contributed by atoms with Crippen LogP contribution in [0.4, 0.5) is 0 Å². The van der Waals surface area contributed by atoms with Crippen molar-refractivity contribution in [1.29, 1.82) is 0 Å². The molecular formula is C19H18N4O3S. The fourth-order valence-electron chi connectivity index (χ4n) is 3.21. The maximum Gasteiger partial charge on any atom is 0.247 e. The molecule has 0 N–H and O–H groups in total. The molecule has 4 rings (SSSR count). The Bertz CT molecular complexity index is 1140. The number of benzene rings is 2. The SMILES string of the molecule is COc1cccc(C2=NN(S(C)(=O)=O)[C@@H](c3ccc4nccnc4c3)C2)c1. The van der Waals surface area contributed by atoms with Crippen molar-refractivity contribution in [3.05, 3.63) is 66.0 Å². The molecule has 7 nitrogen and oxygen atoms in total. The molecule has 27 heavy (non-hydrogen) atoms. The average molecular weight is 382 g/mol. The molecule has 1 aliphatic rings. The molecule has 8 heteroatoms. The Morgan fingerprint density at radius 3 is 2.59 bits per heavy atom. The van der Waals surface area contributed by atoms with Crippen LogP contribution in [0.25, 0.3) is 11.0 Å². The maximum atomic E-state index is 12.3. The molecule has 0 amide bonds. The number of methoxy groups -OCH3 is 1. The van der Waals surface area contributed by atoms with Crippen LogP contribution in [0, 0.1) is 0 Å². The highest BCUT2D eigenvalue weighted by Gasteiger charge is 2.34. The Hall–Kier alpha value is -3.00. The molecule has 0 saturated heterocycles. The lowest BCUT2D eigenvalue weighted by atomic mass is 9.98. The fourth-order valence-corrected chi connectivity index (χ4v) is 4.11. The second kappa shape index (κ2) is 6.62. The zero-order chi connectivity index (χ0) is 19.0. The molecule has 138 valence electrons. The number of hydrazone groups is 1. The summed E-state index contributed by atoms with van der Waals surface area (Å²) in [6, 6.07) is 12.6. The fraction of sp³-hybridized carbons (Fsp3) is 0.211. The van der Waals surface area contributed by atoms with Crippen LogP contribution < -0.4 is 4.74 Å². The number of aromatic nitrogens is 2. The first-order chi connectivity index (χ1) is 13.0. The first-order valence-electron chi connectivity index (χ1n) is 8.38. The summed E-state index contributed by atoms with van der Waals surface area (Å²) >= 11 is 0. The van der Waals surface area contributed by atoms with Gasteiger partial charge in [-0.15, -0.1) is 0 Å². The van der Waals surface area contributed by atoms with Crippen molar-refractivity contribution < 1.29 is 13.2 Å². The van der Waals surface area contributed by atoms with Crippen LogP contribution in [0.2, 0.25) is 0 Å². The number of hydrogen-bond donors (Lipinski definition) is 0. The van der Waals surface area contributed by atoms with Crippen molar-refractivity contribution in [2.75, 3.05) is 13.4 Å². The minimum Gasteiger partial charge on any atom is -0.497 e. The van der Waals surface area contributed by atoms with Crippen molar-refractivity contribution in [1.82, 2.24) is 14.4 Å². The average Bonchev–Trinajstić information content (AvgIpc) is 3.14. The smallest absolute Gasteiger partial charge is 0.247 e. The summed E-state index contributed by atoms with van der Waals surface area (Å²) in [6.07, 6.45) is 4.88. The maximum absolute atomic E-state index is 12.3. The zero-order valence-corrected chi connectivity index (χ0v) is 15.7. The van der Waals surface area contributed by atoms with Crippen molar-refractivity contribution in [2.24, 2.45) is 5.10 Å². The van der Waals surface area contributed by atoms with Gasteiger partial charge in [0.05, 0.1) is 36.2 Å². The van der Waals surface area contributed by atoms with E-state index in [0.717, 1.165) is 22.2 Å². The molecule has 0 spiro atoms. The number of fused-ring (bicyclic) bond motifs is 1. The standard InChI is InChI=1S/C19H18N4O3S/c1-26-15-5-3-4-13(10-15)17-12-19(23(22-17)27(2,24)25)14-6-7-16-18(11-14)21-9-8-20-16/h3-11,19H,12H2,1-2H3/t19-/m1/s1. The van der Waals surface area contributed by atoms with Gasteiger partial charge in [-0.3, -0.25) is 9.97 Å². The van der Waals surface area contributed by atoms with Crippen molar-refractivity contribution >= 4 is 26.8 Å². The van der Waals surface area contributed by atoms with E-state index in [4.69, 9.17) is 4.74 Å². The Morgan fingerprint density at radius 2 is 1.85 bits per heavy atom. The Balaban J connectivity index is 1.76. The predicted octanol–water partition coefficient (Wildman–Crippen LogP) is 2.75. The van der Waals surface area contributed by atoms with E-state index >= 15 is 0 Å². The molecule has 0 unspecified atom stereocenters. The largest absolute Gasteiger partial charge is 0.497 e. The quantitative estimate of drug-likeness (QED) is 0.693. The second-order valence-corrected chi connectivity index (χ2v) is 8.18. The summed E-state index contributed by atoms with van der Waals surface area (Å²) in [5, 5.41) is 4.41. The van der Waals surface area contributed by atoms with E-state index in [2.05, 4.69) is 15.1 Å². The molecule has 1 atom stereocenters. The van der Waals surface area contributed by atoms with Crippen LogP contribution in [0.15, 0.2) is 60.0 Å². The molecule has 1 aromatic heterocycles. The van der Waals surface area contributed by atoms with E-state index in [0.29, 0.717) is 17.9 Å². The van der Waals surface area contributed by atoms with E-state index in [1.165, 1.54) is 10.7 Å². The van der Waals surface area contributed by atoms with Crippen LogP contribution in [0.3, 0.4) is 0 Å². The van der Waals surface area contributed by atoms with Gasteiger partial charge in [0.15, 0.2) is 0 Å². The summed E-state index contributed by atoms with van der Waals surface area (Å²) in [4.78, 5) is 8.58. The molecular weight excluding hydrogens is 364 g/mol. The monoisotopic (exact) mass is 382 g/mol. The normalized spacial score (nSPS) is 17.2. The zero-order valence-electron chi connectivity index (χ0n) is 14.9. The molecule has 2 aromatic carbocycles. The van der Waals surface area contributed by atoms with Gasteiger partial charge in [-0.25, -0.2) is 8.42 Å². The van der Waals surface area contributed by atoms with E-state index in [1.54, 1.807) is 19.5 Å². The first-order valence-corrected chi connectivity index (χ1v) is 10.2. The molecule has 0 radical (unpaired) electrons. The predicted molar refractivity (Wildman–Crippen MR) is 103 cm³/mol. The summed E-state index contributed by atoms with van der Waals surface area (Å²) in [5.74, 6) is 0.700. The van der Waals surface area contributed by atoms with Gasteiger partial charge >= 0.3 is 0 Å². The van der Waals surface area contributed by atoms with E-state index in [-0.39, 0.29) is 0 Å². The summed E-state index contributed by atoms with van der Waals surface area (Å²) in [7, 11) is -1.94. The summed E-state index contributed by atoms with van der Waals surface area (Å²) < 4.78 is 31.1. The van der Waals surface area contributed by atoms with Crippen LogP contribution in [-0.4, -0.2) is 41.9 Å². The third-order valence-corrected chi connectivity index (χ3v) is 5.51. The van der Waals surface area contributed by atoms with Crippen molar-refractivity contribution in [3.8, 4) is 5.75 Å². The van der Waals surface area contributed by atoms with E-state index in [1.807, 2.05) is 42.5 Å². The minimum absolute atomic E-state index is 0.424. The highest BCUT2D eigenvalue weighted by atomic mass is 32.2. The lowest BCUT2D eigenvalue weighted by molar-refractivity contribution is 0.375. The van der Waals surface area contributed by atoms with E-state index in [9.17, 15) is 8.42 Å². The summed E-state index contributed by atoms with van der Waals surface area (Å²) in [5.41, 5.74) is 3.85. The Kier molecular flexibility index (Phi) is 4.27. The van der Waals surface area contributed by atoms with Gasteiger partial charge in [0.25, 0.3) is 0 Å². The molecule has 0 bridgehead atoms. The second-order valence-electron chi connectivity index (χ2n) is 6.34. The number of ether oxygens (including phenoxy) is 1. The van der Waals surface area contributed by atoms with Gasteiger partial charge in [0, 0.05) is 24.4 Å². The Morgan fingerprint density at radius 1 is 1.07 bits per heavy atom. The Labute approximate surface area is 157 Å². The molecule has 0 aliphatic carbocycles. The molecule has 0 saturated carbocycles. The minimum atomic E-state index is -3.53. The number of sulfonamides is 1. The van der Waals surface area contributed by atoms with Crippen molar-refractivity contribution in [3.63, 3.8) is 0 Å². The van der Waals surface area contributed by atoms with Crippen molar-refractivity contribution in [2.45, 2.75) is 12.5 Å². The van der Waals surface area contributed by atoms with Gasteiger partial charge in [-0.1, -0.05) is 18.2 Å². The van der Waals surface area contributed by atoms with Gasteiger partial charge in [0.2, 0.25) is 10.0 Å². The van der Waals surface area contributed by atoms with E-state index < -0.39 is 16.1 Å². The van der Waals surface area contributed by atoms with Gasteiger partial charge in [-0.2, -0.15) is 9.52 Å². The topological polar surface area (TPSA) is 84.8 Å². The molecule has 1 aliphatic heterocycles. The molecule has 3 aromatic rings. The lowest BCUT2D eigenvalue weighted by Crippen LogP contribution is -2.25. The highest BCUT2D eigenvalue weighted by Crippen LogP contribution is 2.35. The van der Waals surface area contributed by atoms with Gasteiger partial charge in [0.1, 0.15) is 5.75 Å².